The lowest BCUT2D eigenvalue weighted by molar-refractivity contribution is -0.134. The van der Waals surface area contributed by atoms with Crippen molar-refractivity contribution in [1.82, 2.24) is 20.4 Å². The van der Waals surface area contributed by atoms with Crippen LogP contribution in [0.4, 0.5) is 4.79 Å². The molecule has 2 aromatic carbocycles. The van der Waals surface area contributed by atoms with Crippen LogP contribution in [0.1, 0.15) is 42.7 Å². The van der Waals surface area contributed by atoms with E-state index in [2.05, 4.69) is 27.7 Å². The highest BCUT2D eigenvalue weighted by Crippen LogP contribution is 2.41. The molecule has 1 spiro atoms. The molecule has 1 saturated carbocycles. The van der Waals surface area contributed by atoms with E-state index < -0.39 is 21.4 Å². The normalized spacial score (nSPS) is 25.1. The number of halogens is 1. The fourth-order valence-corrected chi connectivity index (χ4v) is 7.36. The van der Waals surface area contributed by atoms with Crippen molar-refractivity contribution in [2.75, 3.05) is 32.4 Å². The second-order valence-corrected chi connectivity index (χ2v) is 13.8. The third kappa shape index (κ3) is 5.80. The Morgan fingerprint density at radius 1 is 1.00 bits per heavy atom. The number of nitrogens with one attached hydrogen (secondary N) is 2. The molecule has 9 nitrogen and oxygen atoms in total. The predicted octanol–water partition coefficient (Wildman–Crippen LogP) is 2.75. The summed E-state index contributed by atoms with van der Waals surface area (Å²) in [6, 6.07) is 16.0. The van der Waals surface area contributed by atoms with E-state index in [0.717, 1.165) is 32.2 Å². The summed E-state index contributed by atoms with van der Waals surface area (Å²) in [5.41, 5.74) is 0.958. The topological polar surface area (TPSA) is 116 Å². The third-order valence-corrected chi connectivity index (χ3v) is 10.3. The summed E-state index contributed by atoms with van der Waals surface area (Å²) in [5.74, 6) is 0.618. The number of amides is 3. The number of ketones is 1. The van der Waals surface area contributed by atoms with Gasteiger partial charge in [0, 0.05) is 50.2 Å². The average Bonchev–Trinajstić information content (AvgIpc) is 3.65. The van der Waals surface area contributed by atoms with E-state index >= 15 is 0 Å². The first-order chi connectivity index (χ1) is 19.2. The van der Waals surface area contributed by atoms with Crippen LogP contribution >= 0.6 is 12.4 Å². The summed E-state index contributed by atoms with van der Waals surface area (Å²) in [6.07, 6.45) is 3.95. The molecular formula is C30H37ClN4O5S. The Kier molecular flexibility index (Phi) is 8.31. The van der Waals surface area contributed by atoms with Crippen LogP contribution in [0.3, 0.4) is 0 Å². The number of imide groups is 1. The Morgan fingerprint density at radius 3 is 2.27 bits per heavy atom. The number of nitrogens with zero attached hydrogens (tertiary/aromatic N) is 2. The zero-order valence-electron chi connectivity index (χ0n) is 23.1. The van der Waals surface area contributed by atoms with Crippen LogP contribution in [0.25, 0.3) is 0 Å². The average molecular weight is 601 g/mol. The van der Waals surface area contributed by atoms with Crippen LogP contribution in [0, 0.1) is 11.8 Å². The number of rotatable bonds is 8. The molecule has 2 aromatic rings. The quantitative estimate of drug-likeness (QED) is 0.448. The molecule has 3 atom stereocenters. The minimum Gasteiger partial charge on any atom is -0.323 e. The molecule has 220 valence electrons. The van der Waals surface area contributed by atoms with Gasteiger partial charge >= 0.3 is 6.03 Å². The summed E-state index contributed by atoms with van der Waals surface area (Å²) in [5, 5.41) is 6.50. The van der Waals surface area contributed by atoms with E-state index in [1.807, 2.05) is 18.2 Å². The fourth-order valence-electron chi connectivity index (χ4n) is 6.73. The molecule has 11 heteroatoms. The van der Waals surface area contributed by atoms with Crippen LogP contribution < -0.4 is 10.6 Å². The Hall–Kier alpha value is -2.79. The number of carbonyl (C=O) groups excluding carboxylic acids is 3. The van der Waals surface area contributed by atoms with Crippen molar-refractivity contribution in [3.8, 4) is 0 Å². The van der Waals surface area contributed by atoms with Crippen molar-refractivity contribution in [3.63, 3.8) is 0 Å². The smallest absolute Gasteiger partial charge is 0.323 e. The highest BCUT2D eigenvalue weighted by atomic mass is 35.5. The molecule has 2 N–H and O–H groups in total. The molecule has 0 radical (unpaired) electrons. The molecule has 3 amide bonds. The molecule has 1 aliphatic carbocycles. The minimum absolute atomic E-state index is 0. The summed E-state index contributed by atoms with van der Waals surface area (Å²) in [6.45, 7) is 2.82. The molecule has 6 rings (SSSR count). The van der Waals surface area contributed by atoms with Gasteiger partial charge in [0.1, 0.15) is 5.54 Å². The number of hydrogen-bond acceptors (Lipinski definition) is 7. The van der Waals surface area contributed by atoms with Crippen LogP contribution in [-0.2, 0) is 26.0 Å². The molecule has 3 heterocycles. The highest BCUT2D eigenvalue weighted by Gasteiger charge is 2.54. The Morgan fingerprint density at radius 2 is 1.66 bits per heavy atom. The van der Waals surface area contributed by atoms with Gasteiger partial charge in [-0.3, -0.25) is 19.4 Å². The number of carbonyl (C=O) groups is 3. The largest absolute Gasteiger partial charge is 0.325 e. The Bertz CT molecular complexity index is 1410. The van der Waals surface area contributed by atoms with E-state index in [4.69, 9.17) is 0 Å². The molecule has 0 bridgehead atoms. The predicted molar refractivity (Wildman–Crippen MR) is 156 cm³/mol. The van der Waals surface area contributed by atoms with E-state index in [0.29, 0.717) is 37.3 Å². The summed E-state index contributed by atoms with van der Waals surface area (Å²) >= 11 is 0. The second kappa shape index (κ2) is 11.5. The highest BCUT2D eigenvalue weighted by molar-refractivity contribution is 7.90. The van der Waals surface area contributed by atoms with Gasteiger partial charge in [-0.2, -0.15) is 0 Å². The van der Waals surface area contributed by atoms with Crippen molar-refractivity contribution in [1.29, 1.82) is 0 Å². The van der Waals surface area contributed by atoms with E-state index in [1.54, 1.807) is 12.1 Å². The number of piperidine rings is 1. The number of hydrogen-bond donors (Lipinski definition) is 2. The fraction of sp³-hybridized carbons (Fsp3) is 0.500. The molecule has 41 heavy (non-hydrogen) atoms. The van der Waals surface area contributed by atoms with Crippen LogP contribution in [-0.4, -0.2) is 80.0 Å². The van der Waals surface area contributed by atoms with Crippen molar-refractivity contribution < 1.29 is 22.8 Å². The van der Waals surface area contributed by atoms with Gasteiger partial charge < -0.3 is 10.6 Å². The van der Waals surface area contributed by atoms with Crippen LogP contribution in [0.15, 0.2) is 59.5 Å². The zero-order chi connectivity index (χ0) is 28.1. The minimum atomic E-state index is -3.33. The molecule has 3 aliphatic heterocycles. The number of Topliss-reactive ketones (excluding diaryl/α,β-unsaturated/α-hetero) is 1. The van der Waals surface area contributed by atoms with Gasteiger partial charge in [-0.25, -0.2) is 13.2 Å². The zero-order valence-corrected chi connectivity index (χ0v) is 24.8. The van der Waals surface area contributed by atoms with Gasteiger partial charge in [0.2, 0.25) is 0 Å². The Balaban J connectivity index is 0.00000337. The van der Waals surface area contributed by atoms with Gasteiger partial charge in [0.15, 0.2) is 15.6 Å². The third-order valence-electron chi connectivity index (χ3n) is 9.15. The first-order valence-corrected chi connectivity index (χ1v) is 16.0. The van der Waals surface area contributed by atoms with Crippen molar-refractivity contribution in [2.24, 2.45) is 11.8 Å². The number of sulfone groups is 1. The lowest BCUT2D eigenvalue weighted by Gasteiger charge is -2.43. The van der Waals surface area contributed by atoms with Crippen molar-refractivity contribution in [2.45, 2.75) is 54.6 Å². The summed E-state index contributed by atoms with van der Waals surface area (Å²) in [4.78, 5) is 43.9. The maximum Gasteiger partial charge on any atom is 0.325 e. The summed E-state index contributed by atoms with van der Waals surface area (Å²) in [7, 11) is -3.33. The molecule has 4 fully saturated rings. The maximum atomic E-state index is 13.7. The van der Waals surface area contributed by atoms with Gasteiger partial charge in [-0.15, -0.1) is 12.4 Å². The Labute approximate surface area is 247 Å². The number of urea groups is 1. The maximum absolute atomic E-state index is 13.7. The van der Waals surface area contributed by atoms with Gasteiger partial charge in [0.25, 0.3) is 5.91 Å². The van der Waals surface area contributed by atoms with Crippen molar-refractivity contribution in [3.05, 3.63) is 65.7 Å². The van der Waals surface area contributed by atoms with Gasteiger partial charge in [-0.1, -0.05) is 42.5 Å². The number of likely N-dealkylation sites (tertiary alicyclic amines) is 1. The van der Waals surface area contributed by atoms with Crippen LogP contribution in [0.2, 0.25) is 0 Å². The molecular weight excluding hydrogens is 564 g/mol. The molecule has 0 aromatic heterocycles. The van der Waals surface area contributed by atoms with E-state index in [1.165, 1.54) is 22.6 Å². The number of benzene rings is 2. The SMILES string of the molecule is CS(=O)(=O)c1ccc(CN2C(=O)NC3(CCN(C(C(=O)C4CC4)[C@@H]4CNC[C@@H]4c4ccccc4)CC3)C2=O)cc1.Cl. The lowest BCUT2D eigenvalue weighted by atomic mass is 9.78. The van der Waals surface area contributed by atoms with Gasteiger partial charge in [-0.05, 0) is 48.9 Å². The first kappa shape index (κ1) is 29.7. The van der Waals surface area contributed by atoms with Crippen molar-refractivity contribution >= 4 is 40.0 Å². The summed E-state index contributed by atoms with van der Waals surface area (Å²) < 4.78 is 23.5. The molecule has 1 unspecified atom stereocenters. The van der Waals surface area contributed by atoms with E-state index in [9.17, 15) is 22.8 Å². The lowest BCUT2D eigenvalue weighted by Crippen LogP contribution is -2.59. The second-order valence-electron chi connectivity index (χ2n) is 11.8. The monoisotopic (exact) mass is 600 g/mol. The molecule has 4 aliphatic rings. The molecule has 3 saturated heterocycles. The van der Waals surface area contributed by atoms with Crippen LogP contribution in [0.5, 0.6) is 0 Å². The standard InChI is InChI=1S/C30H36N4O5S.ClH/c1-40(38,39)23-11-7-20(8-12-23)19-34-28(36)30(32-29(34)37)13-15-33(16-14-30)26(27(35)22-9-10-22)25-18-31-17-24(25)21-5-3-2-4-6-21;/h2-8,11-12,22,24-26,31H,9-10,13-19H2,1H3,(H,32,37);1H/t24-,25-,26?;/m1./s1. The van der Waals surface area contributed by atoms with Gasteiger partial charge in [0.05, 0.1) is 17.5 Å². The van der Waals surface area contributed by atoms with E-state index in [-0.39, 0.29) is 53.6 Å². The first-order valence-electron chi connectivity index (χ1n) is 14.1.